The number of aliphatic hydroxyl groups is 1. The second kappa shape index (κ2) is 7.55. The van der Waals surface area contributed by atoms with Crippen molar-refractivity contribution in [2.45, 2.75) is 52.2 Å². The molecule has 0 amide bonds. The molecular weight excluding hydrogens is 224 g/mol. The van der Waals surface area contributed by atoms with Crippen molar-refractivity contribution in [1.82, 2.24) is 0 Å². The molecule has 2 heteroatoms. The normalized spacial score (nSPS) is 16.2. The lowest BCUT2D eigenvalue weighted by Crippen LogP contribution is -2.38. The molecule has 2 nitrogen and oxygen atoms in total. The molecule has 0 aromatic heterocycles. The molecule has 0 heterocycles. The summed E-state index contributed by atoms with van der Waals surface area (Å²) < 4.78 is 5.72. The Balaban J connectivity index is 2.97. The average Bonchev–Trinajstić information content (AvgIpc) is 2.41. The minimum atomic E-state index is -1.14. The molecule has 0 aliphatic rings. The number of hydrogen-bond donors (Lipinski definition) is 1. The maximum Gasteiger partial charge on any atom is 0.195 e. The minimum Gasteiger partial charge on any atom is -0.362 e. The van der Waals surface area contributed by atoms with Crippen LogP contribution in [0, 0.1) is 5.92 Å². The highest BCUT2D eigenvalue weighted by molar-refractivity contribution is 5.21. The van der Waals surface area contributed by atoms with Gasteiger partial charge in [-0.25, -0.2) is 0 Å². The van der Waals surface area contributed by atoms with E-state index in [1.165, 1.54) is 0 Å². The van der Waals surface area contributed by atoms with Crippen molar-refractivity contribution in [2.24, 2.45) is 5.92 Å². The first-order valence-electron chi connectivity index (χ1n) is 7.10. The summed E-state index contributed by atoms with van der Waals surface area (Å²) in [5.74, 6) is -0.986. The summed E-state index contributed by atoms with van der Waals surface area (Å²) in [6.07, 6.45) is 4.19. The first kappa shape index (κ1) is 15.2. The lowest BCUT2D eigenvalue weighted by atomic mass is 9.85. The molecule has 0 fully saturated rings. The second-order valence-electron chi connectivity index (χ2n) is 4.74. The standard InChI is InChI=1S/C16H26O2/c1-4-7-11-14(5-2)16(17,18-6-3)15-12-9-8-10-13-15/h8-10,12-14,17H,4-7,11H2,1-3H3. The molecule has 1 N–H and O–H groups in total. The molecule has 0 radical (unpaired) electrons. The molecule has 0 aliphatic carbocycles. The highest BCUT2D eigenvalue weighted by Gasteiger charge is 2.37. The Morgan fingerprint density at radius 2 is 1.83 bits per heavy atom. The molecule has 1 aromatic rings. The van der Waals surface area contributed by atoms with Crippen LogP contribution in [0.5, 0.6) is 0 Å². The van der Waals surface area contributed by atoms with Crippen LogP contribution in [0.4, 0.5) is 0 Å². The Bertz CT molecular complexity index is 323. The van der Waals surface area contributed by atoms with Gasteiger partial charge in [-0.1, -0.05) is 57.0 Å². The van der Waals surface area contributed by atoms with Crippen LogP contribution < -0.4 is 0 Å². The van der Waals surface area contributed by atoms with E-state index < -0.39 is 5.79 Å². The van der Waals surface area contributed by atoms with Crippen LogP contribution in [0.1, 0.15) is 52.0 Å². The van der Waals surface area contributed by atoms with Crippen molar-refractivity contribution in [3.05, 3.63) is 35.9 Å². The van der Waals surface area contributed by atoms with Gasteiger partial charge in [0.05, 0.1) is 0 Å². The lowest BCUT2D eigenvalue weighted by Gasteiger charge is -2.36. The summed E-state index contributed by atoms with van der Waals surface area (Å²) in [5, 5.41) is 10.9. The fourth-order valence-electron chi connectivity index (χ4n) is 2.46. The van der Waals surface area contributed by atoms with Crippen LogP contribution in [0.15, 0.2) is 30.3 Å². The number of unbranched alkanes of at least 4 members (excludes halogenated alkanes) is 1. The molecule has 2 atom stereocenters. The van der Waals surface area contributed by atoms with Crippen LogP contribution in [0.25, 0.3) is 0 Å². The highest BCUT2D eigenvalue weighted by Crippen LogP contribution is 2.36. The van der Waals surface area contributed by atoms with Gasteiger partial charge >= 0.3 is 0 Å². The molecule has 1 rings (SSSR count). The van der Waals surface area contributed by atoms with Crippen LogP contribution in [-0.4, -0.2) is 11.7 Å². The smallest absolute Gasteiger partial charge is 0.195 e. The summed E-state index contributed by atoms with van der Waals surface area (Å²) in [6, 6.07) is 9.76. The van der Waals surface area contributed by atoms with Crippen molar-refractivity contribution in [1.29, 1.82) is 0 Å². The fourth-order valence-corrected chi connectivity index (χ4v) is 2.46. The van der Waals surface area contributed by atoms with E-state index in [0.717, 1.165) is 31.2 Å². The van der Waals surface area contributed by atoms with E-state index in [0.29, 0.717) is 6.61 Å². The van der Waals surface area contributed by atoms with Gasteiger partial charge in [0.25, 0.3) is 0 Å². The molecule has 102 valence electrons. The monoisotopic (exact) mass is 250 g/mol. The zero-order valence-corrected chi connectivity index (χ0v) is 11.9. The van der Waals surface area contributed by atoms with Gasteiger partial charge in [-0.15, -0.1) is 0 Å². The van der Waals surface area contributed by atoms with Crippen molar-refractivity contribution < 1.29 is 9.84 Å². The van der Waals surface area contributed by atoms with Crippen LogP contribution in [0.3, 0.4) is 0 Å². The van der Waals surface area contributed by atoms with E-state index >= 15 is 0 Å². The van der Waals surface area contributed by atoms with E-state index in [-0.39, 0.29) is 5.92 Å². The van der Waals surface area contributed by atoms with Gasteiger partial charge in [-0.05, 0) is 19.8 Å². The maximum absolute atomic E-state index is 10.9. The van der Waals surface area contributed by atoms with Gasteiger partial charge in [0.2, 0.25) is 0 Å². The van der Waals surface area contributed by atoms with Gasteiger partial charge in [0.1, 0.15) is 0 Å². The number of ether oxygens (including phenoxy) is 1. The molecule has 2 unspecified atom stereocenters. The Hall–Kier alpha value is -0.860. The van der Waals surface area contributed by atoms with Gasteiger partial charge < -0.3 is 9.84 Å². The van der Waals surface area contributed by atoms with Crippen molar-refractivity contribution in [2.75, 3.05) is 6.61 Å². The summed E-state index contributed by atoms with van der Waals surface area (Å²) in [6.45, 7) is 6.75. The largest absolute Gasteiger partial charge is 0.362 e. The zero-order valence-electron chi connectivity index (χ0n) is 11.9. The predicted molar refractivity (Wildman–Crippen MR) is 75.3 cm³/mol. The van der Waals surface area contributed by atoms with Crippen molar-refractivity contribution in [3.8, 4) is 0 Å². The third-order valence-corrected chi connectivity index (χ3v) is 3.50. The molecule has 0 saturated heterocycles. The van der Waals surface area contributed by atoms with Gasteiger partial charge in [-0.2, -0.15) is 0 Å². The molecule has 18 heavy (non-hydrogen) atoms. The second-order valence-corrected chi connectivity index (χ2v) is 4.74. The molecular formula is C16H26O2. The summed E-state index contributed by atoms with van der Waals surface area (Å²) in [7, 11) is 0. The third kappa shape index (κ3) is 3.56. The summed E-state index contributed by atoms with van der Waals surface area (Å²) >= 11 is 0. The van der Waals surface area contributed by atoms with Crippen LogP contribution in [0.2, 0.25) is 0 Å². The summed E-state index contributed by atoms with van der Waals surface area (Å²) in [4.78, 5) is 0. The number of rotatable bonds is 8. The SMILES string of the molecule is CCCCC(CC)C(O)(OCC)c1ccccc1. The quantitative estimate of drug-likeness (QED) is 0.704. The Morgan fingerprint density at radius 3 is 2.33 bits per heavy atom. The fraction of sp³-hybridized carbons (Fsp3) is 0.625. The third-order valence-electron chi connectivity index (χ3n) is 3.50. The van der Waals surface area contributed by atoms with Gasteiger partial charge in [-0.3, -0.25) is 0 Å². The molecule has 0 bridgehead atoms. The zero-order chi connectivity index (χ0) is 13.4. The molecule has 1 aromatic carbocycles. The van der Waals surface area contributed by atoms with Crippen LogP contribution >= 0.6 is 0 Å². The van der Waals surface area contributed by atoms with E-state index in [4.69, 9.17) is 4.74 Å². The first-order valence-corrected chi connectivity index (χ1v) is 7.10. The van der Waals surface area contributed by atoms with E-state index in [2.05, 4.69) is 13.8 Å². The van der Waals surface area contributed by atoms with Crippen molar-refractivity contribution >= 4 is 0 Å². The first-order chi connectivity index (χ1) is 8.69. The van der Waals surface area contributed by atoms with Crippen molar-refractivity contribution in [3.63, 3.8) is 0 Å². The molecule has 0 aliphatic heterocycles. The topological polar surface area (TPSA) is 29.5 Å². The Labute approximate surface area is 111 Å². The summed E-state index contributed by atoms with van der Waals surface area (Å²) in [5.41, 5.74) is 0.870. The Morgan fingerprint density at radius 1 is 1.17 bits per heavy atom. The highest BCUT2D eigenvalue weighted by atomic mass is 16.6. The number of hydrogen-bond acceptors (Lipinski definition) is 2. The predicted octanol–water partition coefficient (Wildman–Crippen LogP) is 4.08. The molecule has 0 saturated carbocycles. The van der Waals surface area contributed by atoms with E-state index in [9.17, 15) is 5.11 Å². The molecule has 0 spiro atoms. The van der Waals surface area contributed by atoms with Gasteiger partial charge in [0, 0.05) is 18.1 Å². The lowest BCUT2D eigenvalue weighted by molar-refractivity contribution is -0.247. The van der Waals surface area contributed by atoms with Gasteiger partial charge in [0.15, 0.2) is 5.79 Å². The van der Waals surface area contributed by atoms with E-state index in [1.54, 1.807) is 0 Å². The van der Waals surface area contributed by atoms with Crippen LogP contribution in [-0.2, 0) is 10.5 Å². The average molecular weight is 250 g/mol. The number of benzene rings is 1. The minimum absolute atomic E-state index is 0.153. The Kier molecular flexibility index (Phi) is 6.37. The maximum atomic E-state index is 10.9. The van der Waals surface area contributed by atoms with E-state index in [1.807, 2.05) is 37.3 Å².